The number of furan rings is 1. The van der Waals surface area contributed by atoms with E-state index in [9.17, 15) is 0 Å². The minimum Gasteiger partial charge on any atom is -0.455 e. The fraction of sp³-hybridized carbons (Fsp3) is 0.0392. The quantitative estimate of drug-likeness (QED) is 0.165. The highest BCUT2D eigenvalue weighted by atomic mass is 28.3. The zero-order valence-corrected chi connectivity index (χ0v) is 32.0. The maximum atomic E-state index is 6.85. The Labute approximate surface area is 325 Å². The van der Waals surface area contributed by atoms with Gasteiger partial charge in [0.1, 0.15) is 19.2 Å². The van der Waals surface area contributed by atoms with Gasteiger partial charge in [0, 0.05) is 33.0 Å². The molecule has 0 amide bonds. The summed E-state index contributed by atoms with van der Waals surface area (Å²) in [5.74, 6) is 1.88. The highest BCUT2D eigenvalue weighted by Gasteiger charge is 2.40. The van der Waals surface area contributed by atoms with Crippen LogP contribution in [0, 0.1) is 0 Å². The molecule has 0 atom stereocenters. The third-order valence-electron chi connectivity index (χ3n) is 11.5. The first-order valence-electron chi connectivity index (χ1n) is 19.1. The Kier molecular flexibility index (Phi) is 7.28. The highest BCUT2D eigenvalue weighted by molar-refractivity contribution is 7.04. The number of hydrogen-bond acceptors (Lipinski definition) is 4. The minimum atomic E-state index is -2.11. The van der Waals surface area contributed by atoms with Gasteiger partial charge in [0.25, 0.3) is 0 Å². The second-order valence-electron chi connectivity index (χ2n) is 15.2. The zero-order chi connectivity index (χ0) is 37.4. The molecule has 11 rings (SSSR count). The molecule has 5 heteroatoms. The Hall–Kier alpha value is -6.95. The summed E-state index contributed by atoms with van der Waals surface area (Å²) < 4.78 is 6.85. The van der Waals surface area contributed by atoms with E-state index in [1.807, 2.05) is 12.1 Å². The molecule has 56 heavy (non-hydrogen) atoms. The van der Waals surface area contributed by atoms with Crippen LogP contribution in [0.1, 0.15) is 0 Å². The fourth-order valence-electron chi connectivity index (χ4n) is 8.66. The molecule has 0 saturated heterocycles. The van der Waals surface area contributed by atoms with Crippen LogP contribution in [0.5, 0.6) is 0 Å². The number of nitrogens with zero attached hydrogens (tertiary/aromatic N) is 3. The summed E-state index contributed by atoms with van der Waals surface area (Å²) in [6, 6.07) is 62.2. The lowest BCUT2D eigenvalue weighted by Gasteiger charge is -2.19. The number of para-hydroxylation sites is 1. The number of fused-ring (bicyclic) bond motifs is 8. The summed E-state index contributed by atoms with van der Waals surface area (Å²) in [6.07, 6.45) is 0. The fourth-order valence-corrected chi connectivity index (χ4v) is 11.7. The molecule has 8 aromatic carbocycles. The van der Waals surface area contributed by atoms with Crippen LogP contribution in [-0.4, -0.2) is 23.0 Å². The van der Waals surface area contributed by atoms with E-state index in [2.05, 4.69) is 177 Å². The van der Waals surface area contributed by atoms with Gasteiger partial charge in [-0.05, 0) is 79.3 Å². The normalized spacial score (nSPS) is 13.0. The topological polar surface area (TPSA) is 51.8 Å². The number of hydrogen-bond donors (Lipinski definition) is 0. The van der Waals surface area contributed by atoms with Crippen molar-refractivity contribution >= 4 is 51.2 Å². The van der Waals surface area contributed by atoms with Gasteiger partial charge < -0.3 is 4.42 Å². The average Bonchev–Trinajstić information content (AvgIpc) is 3.76. The largest absolute Gasteiger partial charge is 0.455 e. The van der Waals surface area contributed by atoms with E-state index in [-0.39, 0.29) is 0 Å². The molecule has 264 valence electrons. The second-order valence-corrected chi connectivity index (χ2v) is 19.5. The third-order valence-corrected chi connectivity index (χ3v) is 15.0. The van der Waals surface area contributed by atoms with Gasteiger partial charge in [-0.3, -0.25) is 0 Å². The Morgan fingerprint density at radius 3 is 1.79 bits per heavy atom. The van der Waals surface area contributed by atoms with E-state index in [1.54, 1.807) is 0 Å². The van der Waals surface area contributed by atoms with Crippen molar-refractivity contribution in [1.29, 1.82) is 0 Å². The van der Waals surface area contributed by atoms with E-state index in [1.165, 1.54) is 32.3 Å². The van der Waals surface area contributed by atoms with Crippen molar-refractivity contribution in [3.63, 3.8) is 0 Å². The van der Waals surface area contributed by atoms with E-state index in [0.29, 0.717) is 17.5 Å². The predicted octanol–water partition coefficient (Wildman–Crippen LogP) is 12.1. The van der Waals surface area contributed by atoms with Crippen molar-refractivity contribution in [2.45, 2.75) is 13.1 Å². The number of benzene rings is 8. The summed E-state index contributed by atoms with van der Waals surface area (Å²) in [5, 5.41) is 7.28. The van der Waals surface area contributed by atoms with Gasteiger partial charge in [-0.2, -0.15) is 0 Å². The molecular weight excluding hydrogens is 699 g/mol. The SMILES string of the molecule is C[Si]1(C)c2ccccc2-c2c1cc(-c1nc(-c3cccc(-c4ccccc4)c3)nc(-c3cccc(-c4ccc5ccccc5c4)c3)n1)c1c2oc2ccccc21. The van der Waals surface area contributed by atoms with Gasteiger partial charge in [0.2, 0.25) is 0 Å². The molecule has 0 radical (unpaired) electrons. The Bertz CT molecular complexity index is 3180. The van der Waals surface area contributed by atoms with E-state index < -0.39 is 8.07 Å². The Morgan fingerprint density at radius 1 is 0.411 bits per heavy atom. The molecule has 0 spiro atoms. The standard InChI is InChI=1S/C51H35N3OSi/c1-56(2)44-25-11-9-23-41(44)47-45(56)31-42(46-40-22-8-10-24-43(40)55-48(46)47)51-53-49(38-20-12-18-35(29-38)32-14-4-3-5-15-32)52-50(54-51)39-21-13-19-36(30-39)37-27-26-33-16-6-7-17-34(33)28-37/h3-31H,1-2H3. The van der Waals surface area contributed by atoms with Gasteiger partial charge >= 0.3 is 0 Å². The van der Waals surface area contributed by atoms with Gasteiger partial charge in [-0.25, -0.2) is 15.0 Å². The van der Waals surface area contributed by atoms with E-state index in [4.69, 9.17) is 19.4 Å². The van der Waals surface area contributed by atoms with E-state index in [0.717, 1.165) is 60.9 Å². The number of rotatable bonds is 5. The van der Waals surface area contributed by atoms with Gasteiger partial charge in [0.15, 0.2) is 17.5 Å². The van der Waals surface area contributed by atoms with Gasteiger partial charge in [-0.1, -0.05) is 159 Å². The Morgan fingerprint density at radius 2 is 1.00 bits per heavy atom. The van der Waals surface area contributed by atoms with Crippen LogP contribution in [0.2, 0.25) is 13.1 Å². The van der Waals surface area contributed by atoms with Crippen LogP contribution in [0.4, 0.5) is 0 Å². The summed E-state index contributed by atoms with van der Waals surface area (Å²) in [4.78, 5) is 16.0. The predicted molar refractivity (Wildman–Crippen MR) is 234 cm³/mol. The molecule has 0 saturated carbocycles. The van der Waals surface area contributed by atoms with Crippen LogP contribution in [0.25, 0.3) is 100 Å². The minimum absolute atomic E-state index is 0.624. The summed E-state index contributed by atoms with van der Waals surface area (Å²) in [5.41, 5.74) is 11.6. The molecule has 0 bridgehead atoms. The number of aromatic nitrogens is 3. The smallest absolute Gasteiger partial charge is 0.164 e. The van der Waals surface area contributed by atoms with Gasteiger partial charge in [0.05, 0.1) is 0 Å². The third kappa shape index (κ3) is 5.16. The zero-order valence-electron chi connectivity index (χ0n) is 31.0. The Balaban J connectivity index is 1.17. The summed E-state index contributed by atoms with van der Waals surface area (Å²) >= 11 is 0. The molecule has 10 aromatic rings. The van der Waals surface area contributed by atoms with Crippen LogP contribution >= 0.6 is 0 Å². The van der Waals surface area contributed by atoms with Crippen molar-refractivity contribution in [2.24, 2.45) is 0 Å². The molecule has 4 nitrogen and oxygen atoms in total. The summed E-state index contributed by atoms with van der Waals surface area (Å²) in [7, 11) is -2.11. The van der Waals surface area contributed by atoms with Crippen molar-refractivity contribution in [2.75, 3.05) is 0 Å². The first-order valence-corrected chi connectivity index (χ1v) is 22.1. The lowest BCUT2D eigenvalue weighted by Crippen LogP contribution is -2.49. The molecule has 3 heterocycles. The van der Waals surface area contributed by atoms with E-state index >= 15 is 0 Å². The summed E-state index contributed by atoms with van der Waals surface area (Å²) in [6.45, 7) is 4.88. The first kappa shape index (κ1) is 32.5. The van der Waals surface area contributed by atoms with Crippen LogP contribution < -0.4 is 10.4 Å². The molecule has 0 unspecified atom stereocenters. The monoisotopic (exact) mass is 733 g/mol. The second kappa shape index (κ2) is 12.6. The molecule has 0 N–H and O–H groups in total. The van der Waals surface area contributed by atoms with Gasteiger partial charge in [-0.15, -0.1) is 0 Å². The molecule has 0 fully saturated rings. The molecule has 1 aliphatic rings. The molecule has 2 aromatic heterocycles. The van der Waals surface area contributed by atoms with Crippen molar-refractivity contribution < 1.29 is 4.42 Å². The lowest BCUT2D eigenvalue weighted by atomic mass is 9.97. The van der Waals surface area contributed by atoms with Crippen molar-refractivity contribution in [3.8, 4) is 67.5 Å². The highest BCUT2D eigenvalue weighted by Crippen LogP contribution is 2.44. The first-order chi connectivity index (χ1) is 27.5. The average molecular weight is 734 g/mol. The molecule has 1 aliphatic heterocycles. The molecule has 0 aliphatic carbocycles. The molecular formula is C51H35N3OSi. The van der Waals surface area contributed by atoms with Crippen molar-refractivity contribution in [3.05, 3.63) is 176 Å². The van der Waals surface area contributed by atoms with Crippen LogP contribution in [-0.2, 0) is 0 Å². The van der Waals surface area contributed by atoms with Crippen LogP contribution in [0.3, 0.4) is 0 Å². The maximum Gasteiger partial charge on any atom is 0.164 e. The lowest BCUT2D eigenvalue weighted by molar-refractivity contribution is 0.670. The van der Waals surface area contributed by atoms with Crippen molar-refractivity contribution in [1.82, 2.24) is 15.0 Å². The van der Waals surface area contributed by atoms with Crippen LogP contribution in [0.15, 0.2) is 180 Å². The maximum absolute atomic E-state index is 6.85.